The van der Waals surface area contributed by atoms with Crippen LogP contribution in [0.5, 0.6) is 0 Å². The molecule has 2 aromatic rings. The highest BCUT2D eigenvalue weighted by Gasteiger charge is 2.18. The minimum absolute atomic E-state index is 0.513. The molecule has 2 aliphatic heterocycles. The van der Waals surface area contributed by atoms with Gasteiger partial charge in [-0.15, -0.1) is 0 Å². The molecule has 4 rings (SSSR count). The lowest BCUT2D eigenvalue weighted by Crippen LogP contribution is -2.31. The standard InChI is InChI=1S/C18H21ClN6/c1-12-7-20-4-5-25(11-12)18-22-10-16(19)17(24-18)23-15-3-2-13-8-21-9-14(13)6-15/h2-3,6,9-10,12,20H,4-5,7-8,11H2,1H3,(H,22,23,24). The summed E-state index contributed by atoms with van der Waals surface area (Å²) in [5, 5.41) is 7.27. The SMILES string of the molecule is CC1CNCCN(c2ncc(Cl)c(Nc3ccc4c(c3)C=NC4)n2)C1. The molecule has 0 bridgehead atoms. The topological polar surface area (TPSA) is 65.4 Å². The minimum Gasteiger partial charge on any atom is -0.339 e. The van der Waals surface area contributed by atoms with Crippen LogP contribution < -0.4 is 15.5 Å². The maximum absolute atomic E-state index is 6.32. The average Bonchev–Trinajstić information content (AvgIpc) is 2.96. The van der Waals surface area contributed by atoms with Crippen molar-refractivity contribution in [1.29, 1.82) is 0 Å². The molecule has 6 nitrogen and oxygen atoms in total. The quantitative estimate of drug-likeness (QED) is 0.885. The molecule has 1 atom stereocenters. The molecule has 0 amide bonds. The molecule has 1 aromatic carbocycles. The lowest BCUT2D eigenvalue weighted by Gasteiger charge is -2.22. The molecular weight excluding hydrogens is 336 g/mol. The highest BCUT2D eigenvalue weighted by Crippen LogP contribution is 2.27. The van der Waals surface area contributed by atoms with E-state index in [1.165, 1.54) is 5.56 Å². The van der Waals surface area contributed by atoms with Crippen LogP contribution in [0.15, 0.2) is 29.4 Å². The summed E-state index contributed by atoms with van der Waals surface area (Å²) < 4.78 is 0. The van der Waals surface area contributed by atoms with E-state index in [1.54, 1.807) is 6.20 Å². The fraction of sp³-hybridized carbons (Fsp3) is 0.389. The zero-order valence-electron chi connectivity index (χ0n) is 14.2. The first-order valence-corrected chi connectivity index (χ1v) is 8.95. The molecule has 130 valence electrons. The third-order valence-corrected chi connectivity index (χ3v) is 4.77. The van der Waals surface area contributed by atoms with E-state index in [0.29, 0.717) is 22.7 Å². The molecule has 2 aliphatic rings. The first-order chi connectivity index (χ1) is 12.2. The van der Waals surface area contributed by atoms with E-state index in [-0.39, 0.29) is 0 Å². The van der Waals surface area contributed by atoms with Gasteiger partial charge in [-0.1, -0.05) is 24.6 Å². The predicted octanol–water partition coefficient (Wildman–Crippen LogP) is 2.85. The Bertz CT molecular complexity index is 806. The van der Waals surface area contributed by atoms with Gasteiger partial charge in [0, 0.05) is 31.5 Å². The molecule has 2 N–H and O–H groups in total. The van der Waals surface area contributed by atoms with Gasteiger partial charge in [-0.05, 0) is 35.7 Å². The predicted molar refractivity (Wildman–Crippen MR) is 102 cm³/mol. The summed E-state index contributed by atoms with van der Waals surface area (Å²) in [6.45, 7) is 6.76. The third kappa shape index (κ3) is 3.60. The van der Waals surface area contributed by atoms with Crippen LogP contribution in [0.3, 0.4) is 0 Å². The number of nitrogens with one attached hydrogen (secondary N) is 2. The second-order valence-electron chi connectivity index (χ2n) is 6.63. The second-order valence-corrected chi connectivity index (χ2v) is 7.04. The largest absolute Gasteiger partial charge is 0.339 e. The molecule has 7 heteroatoms. The molecule has 1 fully saturated rings. The average molecular weight is 357 g/mol. The Hall–Kier alpha value is -2.18. The Morgan fingerprint density at radius 3 is 3.20 bits per heavy atom. The summed E-state index contributed by atoms with van der Waals surface area (Å²) >= 11 is 6.32. The van der Waals surface area contributed by atoms with Crippen LogP contribution in [0.25, 0.3) is 0 Å². The fourth-order valence-corrected chi connectivity index (χ4v) is 3.33. The number of fused-ring (bicyclic) bond motifs is 1. The summed E-state index contributed by atoms with van der Waals surface area (Å²) in [4.78, 5) is 15.6. The van der Waals surface area contributed by atoms with E-state index in [9.17, 15) is 0 Å². The molecule has 0 spiro atoms. The summed E-state index contributed by atoms with van der Waals surface area (Å²) in [7, 11) is 0. The Kier molecular flexibility index (Phi) is 4.55. The van der Waals surface area contributed by atoms with Crippen LogP contribution >= 0.6 is 11.6 Å². The van der Waals surface area contributed by atoms with Crippen molar-refractivity contribution >= 4 is 35.3 Å². The van der Waals surface area contributed by atoms with Gasteiger partial charge in [0.15, 0.2) is 5.82 Å². The van der Waals surface area contributed by atoms with Crippen molar-refractivity contribution in [3.63, 3.8) is 0 Å². The normalized spacial score (nSPS) is 19.6. The number of anilines is 3. The maximum Gasteiger partial charge on any atom is 0.227 e. The lowest BCUT2D eigenvalue weighted by atomic mass is 10.1. The monoisotopic (exact) mass is 356 g/mol. The number of nitrogens with zero attached hydrogens (tertiary/aromatic N) is 4. The Labute approximate surface area is 152 Å². The molecule has 25 heavy (non-hydrogen) atoms. The molecule has 1 unspecified atom stereocenters. The van der Waals surface area contributed by atoms with Crippen molar-refractivity contribution in [2.24, 2.45) is 10.9 Å². The van der Waals surface area contributed by atoms with Gasteiger partial charge in [0.25, 0.3) is 0 Å². The second kappa shape index (κ2) is 6.98. The number of benzene rings is 1. The highest BCUT2D eigenvalue weighted by atomic mass is 35.5. The smallest absolute Gasteiger partial charge is 0.227 e. The zero-order chi connectivity index (χ0) is 17.2. The van der Waals surface area contributed by atoms with Gasteiger partial charge in [-0.3, -0.25) is 4.99 Å². The summed E-state index contributed by atoms with van der Waals surface area (Å²) in [6.07, 6.45) is 3.57. The van der Waals surface area contributed by atoms with Crippen molar-refractivity contribution < 1.29 is 0 Å². The summed E-state index contributed by atoms with van der Waals surface area (Å²) in [6, 6.07) is 6.19. The van der Waals surface area contributed by atoms with Crippen LogP contribution in [-0.4, -0.2) is 42.4 Å². The number of aromatic nitrogens is 2. The van der Waals surface area contributed by atoms with E-state index >= 15 is 0 Å². The summed E-state index contributed by atoms with van der Waals surface area (Å²) in [5.41, 5.74) is 3.33. The van der Waals surface area contributed by atoms with E-state index in [0.717, 1.165) is 44.0 Å². The van der Waals surface area contributed by atoms with Crippen molar-refractivity contribution in [2.75, 3.05) is 36.4 Å². The lowest BCUT2D eigenvalue weighted by molar-refractivity contribution is 0.561. The minimum atomic E-state index is 0.513. The van der Waals surface area contributed by atoms with E-state index < -0.39 is 0 Å². The van der Waals surface area contributed by atoms with Crippen molar-refractivity contribution in [3.8, 4) is 0 Å². The van der Waals surface area contributed by atoms with Crippen LogP contribution in [-0.2, 0) is 6.54 Å². The molecular formula is C18H21ClN6. The first kappa shape index (κ1) is 16.3. The van der Waals surface area contributed by atoms with Gasteiger partial charge in [0.2, 0.25) is 5.95 Å². The Morgan fingerprint density at radius 1 is 1.36 bits per heavy atom. The number of hydrogen-bond donors (Lipinski definition) is 2. The number of halogens is 1. The Balaban J connectivity index is 1.58. The number of hydrogen-bond acceptors (Lipinski definition) is 6. The van der Waals surface area contributed by atoms with Gasteiger partial charge in [0.1, 0.15) is 5.02 Å². The third-order valence-electron chi connectivity index (χ3n) is 4.50. The van der Waals surface area contributed by atoms with E-state index in [1.807, 2.05) is 12.3 Å². The molecule has 0 aliphatic carbocycles. The molecule has 0 saturated carbocycles. The van der Waals surface area contributed by atoms with Gasteiger partial charge >= 0.3 is 0 Å². The number of aliphatic imine (C=N–C) groups is 1. The van der Waals surface area contributed by atoms with Gasteiger partial charge < -0.3 is 15.5 Å². The van der Waals surface area contributed by atoms with E-state index in [4.69, 9.17) is 11.6 Å². The molecule has 0 radical (unpaired) electrons. The van der Waals surface area contributed by atoms with Gasteiger partial charge in [0.05, 0.1) is 12.7 Å². The van der Waals surface area contributed by atoms with Crippen LogP contribution in [0, 0.1) is 5.92 Å². The maximum atomic E-state index is 6.32. The van der Waals surface area contributed by atoms with Crippen LogP contribution in [0.2, 0.25) is 5.02 Å². The molecule has 1 aromatic heterocycles. The molecule has 3 heterocycles. The van der Waals surface area contributed by atoms with Crippen molar-refractivity contribution in [2.45, 2.75) is 13.5 Å². The summed E-state index contributed by atoms with van der Waals surface area (Å²) in [5.74, 6) is 1.89. The van der Waals surface area contributed by atoms with Crippen LogP contribution in [0.4, 0.5) is 17.5 Å². The van der Waals surface area contributed by atoms with Crippen molar-refractivity contribution in [1.82, 2.24) is 15.3 Å². The van der Waals surface area contributed by atoms with Gasteiger partial charge in [-0.25, -0.2) is 4.98 Å². The van der Waals surface area contributed by atoms with Crippen molar-refractivity contribution in [3.05, 3.63) is 40.5 Å². The first-order valence-electron chi connectivity index (χ1n) is 8.57. The van der Waals surface area contributed by atoms with Crippen LogP contribution in [0.1, 0.15) is 18.1 Å². The fourth-order valence-electron chi connectivity index (χ4n) is 3.19. The highest BCUT2D eigenvalue weighted by molar-refractivity contribution is 6.32. The molecule has 1 saturated heterocycles. The number of rotatable bonds is 3. The zero-order valence-corrected chi connectivity index (χ0v) is 14.9. The van der Waals surface area contributed by atoms with E-state index in [2.05, 4.69) is 49.6 Å². The Morgan fingerprint density at radius 2 is 2.28 bits per heavy atom. The van der Waals surface area contributed by atoms with Gasteiger partial charge in [-0.2, -0.15) is 4.98 Å².